The molecule has 0 saturated carbocycles. The lowest BCUT2D eigenvalue weighted by atomic mass is 10.2. The Morgan fingerprint density at radius 1 is 1.53 bits per heavy atom. The molecule has 0 bridgehead atoms. The van der Waals surface area contributed by atoms with Crippen LogP contribution in [0.1, 0.15) is 5.56 Å². The predicted octanol–water partition coefficient (Wildman–Crippen LogP) is 1.38. The highest BCUT2D eigenvalue weighted by Gasteiger charge is 2.11. The number of carbonyl (C=O) groups is 1. The quantitative estimate of drug-likeness (QED) is 0.850. The van der Waals surface area contributed by atoms with Crippen molar-refractivity contribution in [1.82, 2.24) is 0 Å². The molecule has 1 atom stereocenters. The molecule has 0 amide bonds. The summed E-state index contributed by atoms with van der Waals surface area (Å²) in [5, 5.41) is 8.52. The molecule has 0 heterocycles. The normalized spacial score (nSPS) is 12.4. The third-order valence-electron chi connectivity index (χ3n) is 1.83. The summed E-state index contributed by atoms with van der Waals surface area (Å²) in [4.78, 5) is 10.4. The van der Waals surface area contributed by atoms with Gasteiger partial charge in [-0.25, -0.2) is 0 Å². The molecule has 0 fully saturated rings. The summed E-state index contributed by atoms with van der Waals surface area (Å²) in [5.41, 5.74) is 6.25. The van der Waals surface area contributed by atoms with Gasteiger partial charge < -0.3 is 15.6 Å². The van der Waals surface area contributed by atoms with Crippen LogP contribution in [0.2, 0.25) is 0 Å². The van der Waals surface area contributed by atoms with Crippen LogP contribution in [0.4, 0.5) is 0 Å². The molecular formula is C10H12BrNO3. The Morgan fingerprint density at radius 2 is 2.20 bits per heavy atom. The second kappa shape index (κ2) is 5.85. The minimum absolute atomic E-state index is 0.0106. The molecule has 0 aliphatic heterocycles. The van der Waals surface area contributed by atoms with Crippen molar-refractivity contribution in [2.45, 2.75) is 12.6 Å². The summed E-state index contributed by atoms with van der Waals surface area (Å²) >= 11 is 3.36. The first-order chi connectivity index (χ1) is 7.11. The Labute approximate surface area is 96.2 Å². The Morgan fingerprint density at radius 3 is 2.80 bits per heavy atom. The summed E-state index contributed by atoms with van der Waals surface area (Å²) in [6, 6.07) is 6.62. The molecular weight excluding hydrogens is 262 g/mol. The number of nitrogens with two attached hydrogens (primary N) is 1. The van der Waals surface area contributed by atoms with Gasteiger partial charge in [-0.2, -0.15) is 0 Å². The third kappa shape index (κ3) is 3.99. The van der Waals surface area contributed by atoms with Gasteiger partial charge in [0.1, 0.15) is 6.04 Å². The highest BCUT2D eigenvalue weighted by Crippen LogP contribution is 2.16. The molecule has 0 aliphatic carbocycles. The molecule has 5 heteroatoms. The van der Waals surface area contributed by atoms with Gasteiger partial charge in [0.05, 0.1) is 13.2 Å². The van der Waals surface area contributed by atoms with E-state index in [1.807, 2.05) is 24.3 Å². The number of hydrogen-bond acceptors (Lipinski definition) is 3. The number of benzene rings is 1. The van der Waals surface area contributed by atoms with Gasteiger partial charge in [-0.15, -0.1) is 0 Å². The van der Waals surface area contributed by atoms with Crippen LogP contribution in [-0.4, -0.2) is 23.7 Å². The topological polar surface area (TPSA) is 72.5 Å². The Balaban J connectivity index is 2.38. The molecule has 0 aliphatic rings. The van der Waals surface area contributed by atoms with E-state index in [9.17, 15) is 4.79 Å². The van der Waals surface area contributed by atoms with Crippen molar-refractivity contribution in [2.24, 2.45) is 5.73 Å². The van der Waals surface area contributed by atoms with E-state index in [1.165, 1.54) is 0 Å². The SMILES string of the molecule is NC(COCc1ccccc1Br)C(=O)O. The number of rotatable bonds is 5. The highest BCUT2D eigenvalue weighted by molar-refractivity contribution is 9.10. The van der Waals surface area contributed by atoms with Gasteiger partial charge in [0.2, 0.25) is 0 Å². The number of ether oxygens (including phenoxy) is 1. The Bertz CT molecular complexity index is 343. The number of halogens is 1. The first-order valence-corrected chi connectivity index (χ1v) is 5.20. The maximum Gasteiger partial charge on any atom is 0.322 e. The number of aliphatic carboxylic acids is 1. The van der Waals surface area contributed by atoms with Gasteiger partial charge in [0.15, 0.2) is 0 Å². The van der Waals surface area contributed by atoms with Crippen LogP contribution < -0.4 is 5.73 Å². The molecule has 1 aromatic carbocycles. The maximum atomic E-state index is 10.4. The van der Waals surface area contributed by atoms with E-state index in [4.69, 9.17) is 15.6 Å². The zero-order chi connectivity index (χ0) is 11.3. The first-order valence-electron chi connectivity index (χ1n) is 4.41. The van der Waals surface area contributed by atoms with E-state index in [1.54, 1.807) is 0 Å². The van der Waals surface area contributed by atoms with Crippen LogP contribution in [-0.2, 0) is 16.1 Å². The zero-order valence-electron chi connectivity index (χ0n) is 8.02. The summed E-state index contributed by atoms with van der Waals surface area (Å²) < 4.78 is 6.13. The molecule has 0 saturated heterocycles. The van der Waals surface area contributed by atoms with Gasteiger partial charge in [-0.3, -0.25) is 4.79 Å². The third-order valence-corrected chi connectivity index (χ3v) is 2.60. The second-order valence-electron chi connectivity index (χ2n) is 3.05. The van der Waals surface area contributed by atoms with Gasteiger partial charge in [0.25, 0.3) is 0 Å². The monoisotopic (exact) mass is 273 g/mol. The minimum Gasteiger partial charge on any atom is -0.480 e. The molecule has 4 nitrogen and oxygen atoms in total. The molecule has 15 heavy (non-hydrogen) atoms. The summed E-state index contributed by atoms with van der Waals surface area (Å²) in [5.74, 6) is -1.05. The van der Waals surface area contributed by atoms with Crippen molar-refractivity contribution in [3.05, 3.63) is 34.3 Å². The predicted molar refractivity (Wildman–Crippen MR) is 59.4 cm³/mol. The van der Waals surface area contributed by atoms with E-state index in [-0.39, 0.29) is 6.61 Å². The highest BCUT2D eigenvalue weighted by atomic mass is 79.9. The lowest BCUT2D eigenvalue weighted by molar-refractivity contribution is -0.140. The Kier molecular flexibility index (Phi) is 4.74. The van der Waals surface area contributed by atoms with Crippen LogP contribution in [0.25, 0.3) is 0 Å². The lowest BCUT2D eigenvalue weighted by Crippen LogP contribution is -2.34. The summed E-state index contributed by atoms with van der Waals surface area (Å²) in [7, 11) is 0. The fraction of sp³-hybridized carbons (Fsp3) is 0.300. The average molecular weight is 274 g/mol. The molecule has 1 unspecified atom stereocenters. The number of carboxylic acids is 1. The molecule has 3 N–H and O–H groups in total. The van der Waals surface area contributed by atoms with Crippen LogP contribution >= 0.6 is 15.9 Å². The van der Waals surface area contributed by atoms with Crippen molar-refractivity contribution < 1.29 is 14.6 Å². The van der Waals surface area contributed by atoms with Gasteiger partial charge in [-0.05, 0) is 11.6 Å². The molecule has 1 aromatic rings. The van der Waals surface area contributed by atoms with E-state index >= 15 is 0 Å². The molecule has 1 rings (SSSR count). The molecule has 0 aromatic heterocycles. The Hall–Kier alpha value is -0.910. The van der Waals surface area contributed by atoms with E-state index in [2.05, 4.69) is 15.9 Å². The van der Waals surface area contributed by atoms with Crippen molar-refractivity contribution in [3.63, 3.8) is 0 Å². The number of hydrogen-bond donors (Lipinski definition) is 2. The number of carboxylic acid groups (broad SMARTS) is 1. The summed E-state index contributed by atoms with van der Waals surface area (Å²) in [6.45, 7) is 0.360. The maximum absolute atomic E-state index is 10.4. The fourth-order valence-corrected chi connectivity index (χ4v) is 1.38. The van der Waals surface area contributed by atoms with E-state index < -0.39 is 12.0 Å². The van der Waals surface area contributed by atoms with Crippen molar-refractivity contribution in [1.29, 1.82) is 0 Å². The first kappa shape index (κ1) is 12.2. The smallest absolute Gasteiger partial charge is 0.322 e. The average Bonchev–Trinajstić information content (AvgIpc) is 2.20. The van der Waals surface area contributed by atoms with Gasteiger partial charge >= 0.3 is 5.97 Å². The van der Waals surface area contributed by atoms with E-state index in [0.717, 1.165) is 10.0 Å². The zero-order valence-corrected chi connectivity index (χ0v) is 9.61. The van der Waals surface area contributed by atoms with Crippen LogP contribution in [0.5, 0.6) is 0 Å². The van der Waals surface area contributed by atoms with Crippen molar-refractivity contribution >= 4 is 21.9 Å². The largest absolute Gasteiger partial charge is 0.480 e. The van der Waals surface area contributed by atoms with Crippen LogP contribution in [0.15, 0.2) is 28.7 Å². The van der Waals surface area contributed by atoms with Crippen molar-refractivity contribution in [3.8, 4) is 0 Å². The van der Waals surface area contributed by atoms with E-state index in [0.29, 0.717) is 6.61 Å². The summed E-state index contributed by atoms with van der Waals surface area (Å²) in [6.07, 6.45) is 0. The van der Waals surface area contributed by atoms with Gasteiger partial charge in [0, 0.05) is 4.47 Å². The molecule has 0 spiro atoms. The van der Waals surface area contributed by atoms with Crippen molar-refractivity contribution in [2.75, 3.05) is 6.61 Å². The standard InChI is InChI=1S/C10H12BrNO3/c11-8-4-2-1-3-7(8)5-15-6-9(12)10(13)14/h1-4,9H,5-6,12H2,(H,13,14). The molecule has 0 radical (unpaired) electrons. The lowest BCUT2D eigenvalue weighted by Gasteiger charge is -2.08. The fourth-order valence-electron chi connectivity index (χ4n) is 0.983. The molecule has 82 valence electrons. The van der Waals surface area contributed by atoms with Gasteiger partial charge in [-0.1, -0.05) is 34.1 Å². The minimum atomic E-state index is -1.05. The van der Waals surface area contributed by atoms with Crippen LogP contribution in [0.3, 0.4) is 0 Å². The second-order valence-corrected chi connectivity index (χ2v) is 3.91. The van der Waals surface area contributed by atoms with Crippen LogP contribution in [0, 0.1) is 0 Å².